The number of nitrogens with one attached hydrogen (secondary N) is 1. The maximum Gasteiger partial charge on any atom is 0.259 e. The number of carbonyl (C=O) groups excluding carboxylic acids is 2. The van der Waals surface area contributed by atoms with Gasteiger partial charge in [-0.3, -0.25) is 9.59 Å². The molecule has 0 atom stereocenters. The van der Waals surface area contributed by atoms with E-state index in [0.717, 1.165) is 48.3 Å². The van der Waals surface area contributed by atoms with E-state index in [4.69, 9.17) is 4.74 Å². The SMILES string of the molecule is CCOc1ccccc1C(=O)Nc1cc2c3c(c1)CCC(=O)N3CCC2. The third kappa shape index (κ3) is 2.94. The summed E-state index contributed by atoms with van der Waals surface area (Å²) >= 11 is 0. The van der Waals surface area contributed by atoms with Gasteiger partial charge in [-0.1, -0.05) is 12.1 Å². The zero-order valence-electron chi connectivity index (χ0n) is 14.9. The van der Waals surface area contributed by atoms with Gasteiger partial charge in [0.2, 0.25) is 5.91 Å². The summed E-state index contributed by atoms with van der Waals surface area (Å²) in [5, 5.41) is 3.01. The van der Waals surface area contributed by atoms with Crippen LogP contribution in [0.4, 0.5) is 11.4 Å². The minimum absolute atomic E-state index is 0.180. The van der Waals surface area contributed by atoms with Crippen molar-refractivity contribution in [1.29, 1.82) is 0 Å². The molecule has 134 valence electrons. The van der Waals surface area contributed by atoms with Gasteiger partial charge in [0.15, 0.2) is 0 Å². The molecule has 2 heterocycles. The number of amides is 2. The largest absolute Gasteiger partial charge is 0.493 e. The van der Waals surface area contributed by atoms with E-state index in [2.05, 4.69) is 5.32 Å². The maximum atomic E-state index is 12.8. The van der Waals surface area contributed by atoms with Crippen LogP contribution in [0.5, 0.6) is 5.75 Å². The molecule has 0 radical (unpaired) electrons. The number of rotatable bonds is 4. The van der Waals surface area contributed by atoms with Crippen molar-refractivity contribution in [2.45, 2.75) is 32.6 Å². The highest BCUT2D eigenvalue weighted by Crippen LogP contribution is 2.38. The minimum atomic E-state index is -0.180. The Hall–Kier alpha value is -2.82. The highest BCUT2D eigenvalue weighted by atomic mass is 16.5. The Morgan fingerprint density at radius 2 is 1.92 bits per heavy atom. The minimum Gasteiger partial charge on any atom is -0.493 e. The Balaban J connectivity index is 1.64. The molecule has 0 spiro atoms. The van der Waals surface area contributed by atoms with Gasteiger partial charge in [-0.05, 0) is 61.6 Å². The molecule has 0 fully saturated rings. The fraction of sp³-hybridized carbons (Fsp3) is 0.333. The van der Waals surface area contributed by atoms with E-state index in [-0.39, 0.29) is 11.8 Å². The van der Waals surface area contributed by atoms with Crippen LogP contribution in [0.1, 0.15) is 41.3 Å². The van der Waals surface area contributed by atoms with Crippen LogP contribution >= 0.6 is 0 Å². The van der Waals surface area contributed by atoms with E-state index >= 15 is 0 Å². The topological polar surface area (TPSA) is 58.6 Å². The third-order valence-electron chi connectivity index (χ3n) is 4.96. The summed E-state index contributed by atoms with van der Waals surface area (Å²) in [7, 11) is 0. The molecule has 2 aromatic rings. The second kappa shape index (κ2) is 6.83. The zero-order chi connectivity index (χ0) is 18.1. The summed E-state index contributed by atoms with van der Waals surface area (Å²) in [6.07, 6.45) is 3.17. The van der Waals surface area contributed by atoms with Crippen molar-refractivity contribution in [3.63, 3.8) is 0 Å². The molecular formula is C21H22N2O3. The first-order chi connectivity index (χ1) is 12.7. The second-order valence-corrected chi connectivity index (χ2v) is 6.68. The van der Waals surface area contributed by atoms with Crippen molar-refractivity contribution < 1.29 is 14.3 Å². The number of carbonyl (C=O) groups is 2. The summed E-state index contributed by atoms with van der Waals surface area (Å²) in [5.41, 5.74) is 4.68. The lowest BCUT2D eigenvalue weighted by Gasteiger charge is -2.35. The fourth-order valence-corrected chi connectivity index (χ4v) is 3.86. The quantitative estimate of drug-likeness (QED) is 0.917. The van der Waals surface area contributed by atoms with E-state index in [1.807, 2.05) is 36.1 Å². The fourth-order valence-electron chi connectivity index (χ4n) is 3.86. The lowest BCUT2D eigenvalue weighted by atomic mass is 9.91. The molecule has 0 aliphatic carbocycles. The molecule has 0 aromatic heterocycles. The molecule has 4 rings (SSSR count). The monoisotopic (exact) mass is 350 g/mol. The smallest absolute Gasteiger partial charge is 0.259 e. The van der Waals surface area contributed by atoms with Gasteiger partial charge in [-0.25, -0.2) is 0 Å². The molecule has 5 heteroatoms. The average molecular weight is 350 g/mol. The van der Waals surface area contributed by atoms with Crippen molar-refractivity contribution in [2.75, 3.05) is 23.4 Å². The van der Waals surface area contributed by atoms with Crippen LogP contribution in [0.3, 0.4) is 0 Å². The van der Waals surface area contributed by atoms with Crippen molar-refractivity contribution in [3.05, 3.63) is 53.1 Å². The van der Waals surface area contributed by atoms with E-state index in [1.165, 1.54) is 0 Å². The molecular weight excluding hydrogens is 328 g/mol. The summed E-state index contributed by atoms with van der Waals surface area (Å²) in [5.74, 6) is 0.616. The molecule has 2 aromatic carbocycles. The van der Waals surface area contributed by atoms with Crippen molar-refractivity contribution in [3.8, 4) is 5.75 Å². The molecule has 0 saturated heterocycles. The van der Waals surface area contributed by atoms with E-state index in [1.54, 1.807) is 12.1 Å². The Morgan fingerprint density at radius 1 is 1.15 bits per heavy atom. The highest BCUT2D eigenvalue weighted by Gasteiger charge is 2.29. The van der Waals surface area contributed by atoms with E-state index in [9.17, 15) is 9.59 Å². The van der Waals surface area contributed by atoms with Gasteiger partial charge in [0, 0.05) is 18.7 Å². The Labute approximate surface area is 153 Å². The number of hydrogen-bond acceptors (Lipinski definition) is 3. The summed E-state index contributed by atoms with van der Waals surface area (Å²) in [6.45, 7) is 3.21. The molecule has 2 aliphatic heterocycles. The molecule has 2 amide bonds. The van der Waals surface area contributed by atoms with Gasteiger partial charge < -0.3 is 15.0 Å². The second-order valence-electron chi connectivity index (χ2n) is 6.68. The van der Waals surface area contributed by atoms with Gasteiger partial charge in [-0.15, -0.1) is 0 Å². The van der Waals surface area contributed by atoms with Gasteiger partial charge in [0.1, 0.15) is 5.75 Å². The van der Waals surface area contributed by atoms with Crippen LogP contribution < -0.4 is 15.0 Å². The number of aryl methyl sites for hydroxylation is 2. The van der Waals surface area contributed by atoms with Crippen LogP contribution in [0, 0.1) is 0 Å². The van der Waals surface area contributed by atoms with Crippen LogP contribution in [-0.4, -0.2) is 25.0 Å². The van der Waals surface area contributed by atoms with Crippen molar-refractivity contribution >= 4 is 23.2 Å². The van der Waals surface area contributed by atoms with Crippen molar-refractivity contribution in [1.82, 2.24) is 0 Å². The predicted molar refractivity (Wildman–Crippen MR) is 101 cm³/mol. The van der Waals surface area contributed by atoms with Gasteiger partial charge in [0.25, 0.3) is 5.91 Å². The lowest BCUT2D eigenvalue weighted by Crippen LogP contribution is -2.39. The number of ether oxygens (including phenoxy) is 1. The number of benzene rings is 2. The lowest BCUT2D eigenvalue weighted by molar-refractivity contribution is -0.119. The number of para-hydroxylation sites is 1. The van der Waals surface area contributed by atoms with Gasteiger partial charge in [0.05, 0.1) is 17.9 Å². The molecule has 1 N–H and O–H groups in total. The van der Waals surface area contributed by atoms with Gasteiger partial charge in [-0.2, -0.15) is 0 Å². The number of anilines is 2. The summed E-state index contributed by atoms with van der Waals surface area (Å²) < 4.78 is 5.56. The maximum absolute atomic E-state index is 12.8. The molecule has 5 nitrogen and oxygen atoms in total. The van der Waals surface area contributed by atoms with E-state index < -0.39 is 0 Å². The first-order valence-corrected chi connectivity index (χ1v) is 9.16. The number of hydrogen-bond donors (Lipinski definition) is 1. The Morgan fingerprint density at radius 3 is 2.73 bits per heavy atom. The number of nitrogens with zero attached hydrogens (tertiary/aromatic N) is 1. The summed E-state index contributed by atoms with van der Waals surface area (Å²) in [4.78, 5) is 26.8. The standard InChI is InChI=1S/C21H22N2O3/c1-2-26-18-8-4-3-7-17(18)21(25)22-16-12-14-6-5-11-23-19(24)10-9-15(13-16)20(14)23/h3-4,7-8,12-13H,2,5-6,9-11H2,1H3,(H,22,25). The van der Waals surface area contributed by atoms with Crippen LogP contribution in [-0.2, 0) is 17.6 Å². The first-order valence-electron chi connectivity index (χ1n) is 9.16. The molecule has 0 bridgehead atoms. The predicted octanol–water partition coefficient (Wildman–Crippen LogP) is 3.56. The molecule has 26 heavy (non-hydrogen) atoms. The molecule has 2 aliphatic rings. The average Bonchev–Trinajstić information content (AvgIpc) is 2.65. The van der Waals surface area contributed by atoms with Crippen LogP contribution in [0.25, 0.3) is 0 Å². The molecule has 0 saturated carbocycles. The van der Waals surface area contributed by atoms with Crippen LogP contribution in [0.15, 0.2) is 36.4 Å². The van der Waals surface area contributed by atoms with Gasteiger partial charge >= 0.3 is 0 Å². The zero-order valence-corrected chi connectivity index (χ0v) is 14.9. The highest BCUT2D eigenvalue weighted by molar-refractivity contribution is 6.07. The normalized spacial score (nSPS) is 15.4. The Kier molecular flexibility index (Phi) is 4.37. The first kappa shape index (κ1) is 16.6. The summed E-state index contributed by atoms with van der Waals surface area (Å²) in [6, 6.07) is 11.3. The molecule has 0 unspecified atom stereocenters. The van der Waals surface area contributed by atoms with Crippen LogP contribution in [0.2, 0.25) is 0 Å². The van der Waals surface area contributed by atoms with Crippen molar-refractivity contribution in [2.24, 2.45) is 0 Å². The van der Waals surface area contributed by atoms with E-state index in [0.29, 0.717) is 24.3 Å². The third-order valence-corrected chi connectivity index (χ3v) is 4.96. The Bertz CT molecular complexity index is 858.